The fourth-order valence-corrected chi connectivity index (χ4v) is 5.96. The van der Waals surface area contributed by atoms with E-state index in [1.807, 2.05) is 6.33 Å². The average Bonchev–Trinajstić information content (AvgIpc) is 3.40. The second kappa shape index (κ2) is 7.92. The first kappa shape index (κ1) is 18.9. The highest BCUT2D eigenvalue weighted by molar-refractivity contribution is 5.76. The lowest BCUT2D eigenvalue weighted by Gasteiger charge is -2.37. The molecule has 2 saturated carbocycles. The second-order valence-electron chi connectivity index (χ2n) is 9.63. The van der Waals surface area contributed by atoms with E-state index in [1.54, 1.807) is 0 Å². The predicted octanol–water partition coefficient (Wildman–Crippen LogP) is 4.71. The topological polar surface area (TPSA) is 51.0 Å². The summed E-state index contributed by atoms with van der Waals surface area (Å²) < 4.78 is 2.23. The molecule has 150 valence electrons. The summed E-state index contributed by atoms with van der Waals surface area (Å²) in [6, 6.07) is 0.364. The Bertz CT molecular complexity index is 640. The molecule has 3 fully saturated rings. The van der Waals surface area contributed by atoms with Crippen LogP contribution in [0.1, 0.15) is 102 Å². The highest BCUT2D eigenvalue weighted by Gasteiger charge is 2.50. The summed E-state index contributed by atoms with van der Waals surface area (Å²) in [6.45, 7) is 6.17. The van der Waals surface area contributed by atoms with Crippen LogP contribution in [0.2, 0.25) is 0 Å². The van der Waals surface area contributed by atoms with Crippen LogP contribution in [0.5, 0.6) is 0 Å². The smallest absolute Gasteiger partial charge is 0.222 e. The van der Waals surface area contributed by atoms with Gasteiger partial charge in [0.2, 0.25) is 5.91 Å². The Morgan fingerprint density at radius 1 is 1.19 bits per heavy atom. The van der Waals surface area contributed by atoms with E-state index in [0.717, 1.165) is 37.7 Å². The molecule has 1 aliphatic heterocycles. The Hall–Kier alpha value is -1.39. The van der Waals surface area contributed by atoms with E-state index >= 15 is 0 Å². The van der Waals surface area contributed by atoms with Crippen LogP contribution in [0, 0.1) is 11.3 Å². The minimum absolute atomic E-state index is 0.223. The SMILES string of the molecule is CC(C)n1cnnc1C1CN(C(=O)CCC2CCCC2)CC12CCCCC2. The van der Waals surface area contributed by atoms with Crippen LogP contribution >= 0.6 is 0 Å². The number of amides is 1. The van der Waals surface area contributed by atoms with Crippen LogP contribution in [0.25, 0.3) is 0 Å². The zero-order valence-corrected chi connectivity index (χ0v) is 17.2. The molecule has 0 aromatic carbocycles. The van der Waals surface area contributed by atoms with E-state index in [4.69, 9.17) is 0 Å². The maximum absolute atomic E-state index is 13.0. The molecular formula is C22H36N4O. The molecule has 5 heteroatoms. The first-order valence-corrected chi connectivity index (χ1v) is 11.3. The molecule has 0 radical (unpaired) electrons. The lowest BCUT2D eigenvalue weighted by molar-refractivity contribution is -0.131. The summed E-state index contributed by atoms with van der Waals surface area (Å²) in [5.74, 6) is 2.63. The van der Waals surface area contributed by atoms with Crippen LogP contribution in [0.3, 0.4) is 0 Å². The van der Waals surface area contributed by atoms with Gasteiger partial charge in [0, 0.05) is 31.5 Å². The molecule has 1 aromatic rings. The van der Waals surface area contributed by atoms with Gasteiger partial charge in [0.25, 0.3) is 0 Å². The Morgan fingerprint density at radius 3 is 2.63 bits per heavy atom. The molecule has 3 aliphatic rings. The summed E-state index contributed by atoms with van der Waals surface area (Å²) >= 11 is 0. The van der Waals surface area contributed by atoms with Gasteiger partial charge in [-0.1, -0.05) is 44.9 Å². The molecule has 1 unspecified atom stereocenters. The van der Waals surface area contributed by atoms with Crippen LogP contribution in [0.4, 0.5) is 0 Å². The number of aromatic nitrogens is 3. The molecule has 5 nitrogen and oxygen atoms in total. The number of hydrogen-bond acceptors (Lipinski definition) is 3. The maximum atomic E-state index is 13.0. The van der Waals surface area contributed by atoms with Gasteiger partial charge in [-0.2, -0.15) is 0 Å². The Labute approximate surface area is 163 Å². The molecule has 2 heterocycles. The van der Waals surface area contributed by atoms with Crippen molar-refractivity contribution in [2.45, 2.75) is 96.4 Å². The third-order valence-corrected chi connectivity index (χ3v) is 7.56. The maximum Gasteiger partial charge on any atom is 0.222 e. The van der Waals surface area contributed by atoms with Crippen molar-refractivity contribution in [2.75, 3.05) is 13.1 Å². The summed E-state index contributed by atoms with van der Waals surface area (Å²) in [5.41, 5.74) is 0.223. The van der Waals surface area contributed by atoms with Gasteiger partial charge in [0.05, 0.1) is 0 Å². The Balaban J connectivity index is 1.50. The average molecular weight is 373 g/mol. The summed E-state index contributed by atoms with van der Waals surface area (Å²) in [6.07, 6.45) is 15.5. The quantitative estimate of drug-likeness (QED) is 0.752. The van der Waals surface area contributed by atoms with E-state index in [1.165, 1.54) is 57.8 Å². The largest absolute Gasteiger partial charge is 0.341 e. The van der Waals surface area contributed by atoms with Gasteiger partial charge in [0.15, 0.2) is 0 Å². The molecule has 1 atom stereocenters. The van der Waals surface area contributed by atoms with E-state index < -0.39 is 0 Å². The number of carbonyl (C=O) groups is 1. The van der Waals surface area contributed by atoms with E-state index in [0.29, 0.717) is 17.9 Å². The standard InChI is InChI=1S/C22H36N4O/c1-17(2)26-16-23-24-21(26)19-14-25(15-22(19)12-6-3-7-13-22)20(27)11-10-18-8-4-5-9-18/h16-19H,3-15H2,1-2H3. The van der Waals surface area contributed by atoms with Crippen molar-refractivity contribution < 1.29 is 4.79 Å². The summed E-state index contributed by atoms with van der Waals surface area (Å²) in [4.78, 5) is 15.2. The predicted molar refractivity (Wildman–Crippen MR) is 106 cm³/mol. The highest BCUT2D eigenvalue weighted by atomic mass is 16.2. The van der Waals surface area contributed by atoms with Crippen LogP contribution in [0.15, 0.2) is 6.33 Å². The van der Waals surface area contributed by atoms with Crippen molar-refractivity contribution in [1.29, 1.82) is 0 Å². The van der Waals surface area contributed by atoms with Crippen LogP contribution in [-0.4, -0.2) is 38.7 Å². The zero-order chi connectivity index (χ0) is 18.9. The van der Waals surface area contributed by atoms with Crippen LogP contribution < -0.4 is 0 Å². The number of hydrogen-bond donors (Lipinski definition) is 0. The molecule has 4 rings (SSSR count). The third-order valence-electron chi connectivity index (χ3n) is 7.56. The van der Waals surface area contributed by atoms with E-state index in [9.17, 15) is 4.79 Å². The van der Waals surface area contributed by atoms with Gasteiger partial charge >= 0.3 is 0 Å². The lowest BCUT2D eigenvalue weighted by atomic mass is 9.67. The molecule has 1 aromatic heterocycles. The van der Waals surface area contributed by atoms with Gasteiger partial charge in [-0.25, -0.2) is 0 Å². The second-order valence-corrected chi connectivity index (χ2v) is 9.63. The molecule has 0 N–H and O–H groups in total. The van der Waals surface area contributed by atoms with Crippen molar-refractivity contribution in [3.63, 3.8) is 0 Å². The van der Waals surface area contributed by atoms with Crippen molar-refractivity contribution in [2.24, 2.45) is 11.3 Å². The summed E-state index contributed by atoms with van der Waals surface area (Å²) in [7, 11) is 0. The van der Waals surface area contributed by atoms with Crippen molar-refractivity contribution in [1.82, 2.24) is 19.7 Å². The minimum Gasteiger partial charge on any atom is -0.341 e. The van der Waals surface area contributed by atoms with Gasteiger partial charge in [0.1, 0.15) is 12.2 Å². The van der Waals surface area contributed by atoms with Gasteiger partial charge in [-0.05, 0) is 44.4 Å². The minimum atomic E-state index is 0.223. The zero-order valence-electron chi connectivity index (χ0n) is 17.2. The lowest BCUT2D eigenvalue weighted by Crippen LogP contribution is -2.34. The molecule has 1 spiro atoms. The van der Waals surface area contributed by atoms with Gasteiger partial charge in [-0.15, -0.1) is 10.2 Å². The fraction of sp³-hybridized carbons (Fsp3) is 0.864. The van der Waals surface area contributed by atoms with Gasteiger partial charge in [-0.3, -0.25) is 4.79 Å². The fourth-order valence-electron chi connectivity index (χ4n) is 5.96. The molecule has 2 aliphatic carbocycles. The van der Waals surface area contributed by atoms with Gasteiger partial charge < -0.3 is 9.47 Å². The molecule has 0 bridgehead atoms. The first-order chi connectivity index (χ1) is 13.1. The van der Waals surface area contributed by atoms with E-state index in [2.05, 4.69) is 33.5 Å². The van der Waals surface area contributed by atoms with Crippen molar-refractivity contribution >= 4 is 5.91 Å². The molecule has 1 amide bonds. The van der Waals surface area contributed by atoms with E-state index in [-0.39, 0.29) is 5.41 Å². The molecule has 1 saturated heterocycles. The third kappa shape index (κ3) is 3.79. The normalized spacial score (nSPS) is 25.7. The number of rotatable bonds is 5. The monoisotopic (exact) mass is 372 g/mol. The number of nitrogens with zero attached hydrogens (tertiary/aromatic N) is 4. The Morgan fingerprint density at radius 2 is 1.93 bits per heavy atom. The number of carbonyl (C=O) groups excluding carboxylic acids is 1. The highest BCUT2D eigenvalue weighted by Crippen LogP contribution is 2.52. The number of likely N-dealkylation sites (tertiary alicyclic amines) is 1. The van der Waals surface area contributed by atoms with Crippen molar-refractivity contribution in [3.05, 3.63) is 12.2 Å². The molecule has 27 heavy (non-hydrogen) atoms. The molecular weight excluding hydrogens is 336 g/mol. The first-order valence-electron chi connectivity index (χ1n) is 11.3. The van der Waals surface area contributed by atoms with Crippen molar-refractivity contribution in [3.8, 4) is 0 Å². The summed E-state index contributed by atoms with van der Waals surface area (Å²) in [5, 5.41) is 8.78. The van der Waals surface area contributed by atoms with Crippen LogP contribution in [-0.2, 0) is 4.79 Å². The Kier molecular flexibility index (Phi) is 5.56.